The molecule has 0 bridgehead atoms. The van der Waals surface area contributed by atoms with Crippen molar-refractivity contribution < 1.29 is 18.7 Å². The molecule has 1 heterocycles. The number of unbranched alkanes of at least 4 members (excludes halogenated alkanes) is 1. The number of hydrogen-bond donors (Lipinski definition) is 0. The molecule has 1 aliphatic heterocycles. The van der Waals surface area contributed by atoms with Crippen LogP contribution in [0.5, 0.6) is 5.75 Å². The molecule has 162 valence electrons. The number of ether oxygens (including phenoxy) is 2. The first-order valence-corrected chi connectivity index (χ1v) is 11.0. The van der Waals surface area contributed by atoms with Crippen molar-refractivity contribution in [3.05, 3.63) is 63.4 Å². The predicted octanol–water partition coefficient (Wildman–Crippen LogP) is 6.13. The van der Waals surface area contributed by atoms with Crippen LogP contribution in [0.15, 0.2) is 36.4 Å². The zero-order valence-electron chi connectivity index (χ0n) is 17.0. The molecule has 2 aromatic rings. The van der Waals surface area contributed by atoms with Gasteiger partial charge in [0.25, 0.3) is 5.91 Å². The van der Waals surface area contributed by atoms with Crippen molar-refractivity contribution in [2.45, 2.75) is 45.3 Å². The van der Waals surface area contributed by atoms with Gasteiger partial charge < -0.3 is 14.4 Å². The average Bonchev–Trinajstić information content (AvgIpc) is 3.23. The number of nitrogens with zero attached hydrogens (tertiary/aromatic N) is 1. The lowest BCUT2D eigenvalue weighted by molar-refractivity contribution is 0.0507. The first-order chi connectivity index (χ1) is 14.5. The second kappa shape index (κ2) is 11.0. The molecule has 0 aliphatic carbocycles. The van der Waals surface area contributed by atoms with Gasteiger partial charge in [-0.05, 0) is 49.1 Å². The van der Waals surface area contributed by atoms with Crippen molar-refractivity contribution in [1.29, 1.82) is 0 Å². The van der Waals surface area contributed by atoms with Gasteiger partial charge in [-0.2, -0.15) is 0 Å². The van der Waals surface area contributed by atoms with Crippen LogP contribution in [0, 0.1) is 5.82 Å². The summed E-state index contributed by atoms with van der Waals surface area (Å²) in [5.41, 5.74) is 1.22. The van der Waals surface area contributed by atoms with E-state index in [-0.39, 0.29) is 17.8 Å². The molecule has 0 radical (unpaired) electrons. The van der Waals surface area contributed by atoms with Crippen LogP contribution >= 0.6 is 23.2 Å². The van der Waals surface area contributed by atoms with E-state index in [0.29, 0.717) is 47.7 Å². The molecule has 0 spiro atoms. The number of hydrogen-bond acceptors (Lipinski definition) is 3. The fourth-order valence-electron chi connectivity index (χ4n) is 3.39. The third-order valence-electron chi connectivity index (χ3n) is 5.01. The van der Waals surface area contributed by atoms with Crippen LogP contribution in [0.25, 0.3) is 0 Å². The second-order valence-corrected chi connectivity index (χ2v) is 8.23. The van der Waals surface area contributed by atoms with Gasteiger partial charge in [-0.25, -0.2) is 4.39 Å². The summed E-state index contributed by atoms with van der Waals surface area (Å²) in [6.45, 7) is 4.06. The number of benzene rings is 2. The molecule has 1 aliphatic rings. The molecule has 0 aromatic heterocycles. The largest absolute Gasteiger partial charge is 0.490 e. The molecule has 4 nitrogen and oxygen atoms in total. The Bertz CT molecular complexity index is 831. The summed E-state index contributed by atoms with van der Waals surface area (Å²) < 4.78 is 24.7. The van der Waals surface area contributed by atoms with Gasteiger partial charge in [-0.1, -0.05) is 48.7 Å². The maximum atomic E-state index is 13.3. The van der Waals surface area contributed by atoms with Crippen LogP contribution in [-0.2, 0) is 11.3 Å². The molecule has 0 saturated carbocycles. The van der Waals surface area contributed by atoms with Crippen LogP contribution < -0.4 is 4.74 Å². The summed E-state index contributed by atoms with van der Waals surface area (Å²) in [6.07, 6.45) is 3.74. The number of halogens is 3. The smallest absolute Gasteiger partial charge is 0.254 e. The lowest BCUT2D eigenvalue weighted by atomic mass is 10.1. The van der Waals surface area contributed by atoms with E-state index in [1.54, 1.807) is 29.2 Å². The maximum Gasteiger partial charge on any atom is 0.254 e. The second-order valence-electron chi connectivity index (χ2n) is 7.42. The zero-order valence-corrected chi connectivity index (χ0v) is 18.5. The molecule has 1 fully saturated rings. The minimum atomic E-state index is -0.312. The highest BCUT2D eigenvalue weighted by Gasteiger charge is 2.25. The van der Waals surface area contributed by atoms with Gasteiger partial charge >= 0.3 is 0 Å². The lowest BCUT2D eigenvalue weighted by Gasteiger charge is -2.26. The molecule has 1 unspecified atom stereocenters. The molecule has 7 heteroatoms. The number of carbonyl (C=O) groups excluding carboxylic acids is 1. The molecular formula is C23H26Cl2FNO3. The summed E-state index contributed by atoms with van der Waals surface area (Å²) in [5, 5.41) is 0.613. The average molecular weight is 454 g/mol. The van der Waals surface area contributed by atoms with Crippen LogP contribution in [0.3, 0.4) is 0 Å². The van der Waals surface area contributed by atoms with Crippen LogP contribution in [0.2, 0.25) is 10.0 Å². The zero-order chi connectivity index (χ0) is 21.5. The highest BCUT2D eigenvalue weighted by molar-refractivity contribution is 6.37. The van der Waals surface area contributed by atoms with Gasteiger partial charge in [0.05, 0.1) is 22.8 Å². The normalized spacial score (nSPS) is 15.9. The Balaban J connectivity index is 1.81. The molecule has 30 heavy (non-hydrogen) atoms. The molecule has 0 N–H and O–H groups in total. The van der Waals surface area contributed by atoms with Crippen molar-refractivity contribution in [2.24, 2.45) is 0 Å². The third-order valence-corrected chi connectivity index (χ3v) is 5.57. The number of rotatable bonds is 9. The topological polar surface area (TPSA) is 38.8 Å². The lowest BCUT2D eigenvalue weighted by Crippen LogP contribution is -2.37. The Morgan fingerprint density at radius 2 is 1.93 bits per heavy atom. The summed E-state index contributed by atoms with van der Waals surface area (Å²) in [6, 6.07) is 9.31. The number of carbonyl (C=O) groups is 1. The summed E-state index contributed by atoms with van der Waals surface area (Å²) >= 11 is 12.7. The van der Waals surface area contributed by atoms with Crippen LogP contribution in [-0.4, -0.2) is 36.7 Å². The Kier molecular flexibility index (Phi) is 8.37. The maximum absolute atomic E-state index is 13.3. The van der Waals surface area contributed by atoms with Gasteiger partial charge in [0.15, 0.2) is 5.75 Å². The first kappa shape index (κ1) is 22.9. The molecule has 1 saturated heterocycles. The Morgan fingerprint density at radius 3 is 2.53 bits per heavy atom. The first-order valence-electron chi connectivity index (χ1n) is 10.2. The van der Waals surface area contributed by atoms with Crippen LogP contribution in [0.4, 0.5) is 4.39 Å². The van der Waals surface area contributed by atoms with Crippen molar-refractivity contribution in [2.75, 3.05) is 19.8 Å². The highest BCUT2D eigenvalue weighted by Crippen LogP contribution is 2.35. The van der Waals surface area contributed by atoms with Gasteiger partial charge in [0.1, 0.15) is 5.82 Å². The molecule has 3 rings (SSSR count). The van der Waals surface area contributed by atoms with Crippen LogP contribution in [0.1, 0.15) is 48.5 Å². The Morgan fingerprint density at radius 1 is 1.23 bits per heavy atom. The van der Waals surface area contributed by atoms with Gasteiger partial charge in [0.2, 0.25) is 0 Å². The van der Waals surface area contributed by atoms with E-state index >= 15 is 0 Å². The Hall–Kier alpha value is -1.82. The van der Waals surface area contributed by atoms with Crippen molar-refractivity contribution in [3.8, 4) is 5.75 Å². The molecule has 1 atom stereocenters. The van der Waals surface area contributed by atoms with Gasteiger partial charge in [-0.15, -0.1) is 0 Å². The summed E-state index contributed by atoms with van der Waals surface area (Å²) in [4.78, 5) is 15.0. The standard InChI is InChI=1S/C23H26Cl2FNO3/c1-2-3-10-30-22-20(24)12-17(13-21(22)25)23(28)27(15-19-5-4-11-29-19)14-16-6-8-18(26)9-7-16/h6-9,12-13,19H,2-5,10-11,14-15H2,1H3. The minimum absolute atomic E-state index is 0.0167. The fraction of sp³-hybridized carbons (Fsp3) is 0.435. The third kappa shape index (κ3) is 6.10. The van der Waals surface area contributed by atoms with Gasteiger partial charge in [0, 0.05) is 25.3 Å². The van der Waals surface area contributed by atoms with Crippen molar-refractivity contribution in [1.82, 2.24) is 4.90 Å². The SMILES string of the molecule is CCCCOc1c(Cl)cc(C(=O)N(Cc2ccc(F)cc2)CC2CCCO2)cc1Cl. The quantitative estimate of drug-likeness (QED) is 0.428. The van der Waals surface area contributed by atoms with E-state index in [9.17, 15) is 9.18 Å². The van der Waals surface area contributed by atoms with Crippen molar-refractivity contribution >= 4 is 29.1 Å². The van der Waals surface area contributed by atoms with Crippen molar-refractivity contribution in [3.63, 3.8) is 0 Å². The molecule has 1 amide bonds. The van der Waals surface area contributed by atoms with E-state index in [1.807, 2.05) is 0 Å². The minimum Gasteiger partial charge on any atom is -0.490 e. The van der Waals surface area contributed by atoms with E-state index in [1.165, 1.54) is 12.1 Å². The van der Waals surface area contributed by atoms with E-state index in [0.717, 1.165) is 31.2 Å². The highest BCUT2D eigenvalue weighted by atomic mass is 35.5. The van der Waals surface area contributed by atoms with E-state index in [2.05, 4.69) is 6.92 Å². The molecular weight excluding hydrogens is 428 g/mol. The Labute approximate surface area is 186 Å². The van der Waals surface area contributed by atoms with E-state index < -0.39 is 0 Å². The van der Waals surface area contributed by atoms with E-state index in [4.69, 9.17) is 32.7 Å². The molecule has 2 aromatic carbocycles. The number of amides is 1. The predicted molar refractivity (Wildman–Crippen MR) is 117 cm³/mol. The fourth-order valence-corrected chi connectivity index (χ4v) is 3.98. The summed E-state index contributed by atoms with van der Waals surface area (Å²) in [5.74, 6) is -0.126. The van der Waals surface area contributed by atoms with Gasteiger partial charge in [-0.3, -0.25) is 4.79 Å². The summed E-state index contributed by atoms with van der Waals surface area (Å²) in [7, 11) is 0. The monoisotopic (exact) mass is 453 g/mol.